The first-order chi connectivity index (χ1) is 14.6. The van der Waals surface area contributed by atoms with E-state index in [0.717, 1.165) is 56.0 Å². The fourth-order valence-electron chi connectivity index (χ4n) is 4.57. The number of hydrogen-bond acceptors (Lipinski definition) is 5. The molecule has 2 aliphatic rings. The van der Waals surface area contributed by atoms with Gasteiger partial charge in [0.05, 0.1) is 18.6 Å². The fraction of sp³-hybridized carbons (Fsp3) is 0.478. The van der Waals surface area contributed by atoms with E-state index in [9.17, 15) is 8.42 Å². The van der Waals surface area contributed by atoms with Gasteiger partial charge in [0, 0.05) is 45.3 Å². The largest absolute Gasteiger partial charge is 0.495 e. The van der Waals surface area contributed by atoms with Gasteiger partial charge in [-0.15, -0.1) is 0 Å². The predicted octanol–water partition coefficient (Wildman–Crippen LogP) is 2.81. The van der Waals surface area contributed by atoms with Crippen LogP contribution < -0.4 is 9.64 Å². The molecule has 0 aliphatic carbocycles. The molecule has 1 atom stereocenters. The number of anilines is 1. The number of piperazine rings is 1. The number of piperidine rings is 1. The topological polar surface area (TPSA) is 53.1 Å². The molecule has 0 aromatic heterocycles. The first-order valence-electron chi connectivity index (χ1n) is 10.7. The van der Waals surface area contributed by atoms with Gasteiger partial charge in [-0.3, -0.25) is 4.90 Å². The monoisotopic (exact) mass is 429 g/mol. The molecule has 2 aromatic carbocycles. The van der Waals surface area contributed by atoms with Crippen LogP contribution in [0.1, 0.15) is 18.4 Å². The van der Waals surface area contributed by atoms with Gasteiger partial charge in [0.1, 0.15) is 5.75 Å². The first-order valence-corrected chi connectivity index (χ1v) is 12.3. The average molecular weight is 430 g/mol. The minimum atomic E-state index is -3.29. The van der Waals surface area contributed by atoms with Gasteiger partial charge in [-0.2, -0.15) is 0 Å². The zero-order chi connectivity index (χ0) is 21.0. The van der Waals surface area contributed by atoms with Crippen LogP contribution in [0.2, 0.25) is 0 Å². The summed E-state index contributed by atoms with van der Waals surface area (Å²) in [6.45, 7) is 4.96. The Morgan fingerprint density at radius 1 is 0.933 bits per heavy atom. The highest BCUT2D eigenvalue weighted by molar-refractivity contribution is 7.88. The van der Waals surface area contributed by atoms with Crippen molar-refractivity contribution in [2.75, 3.05) is 51.3 Å². The maximum Gasteiger partial charge on any atom is 0.218 e. The van der Waals surface area contributed by atoms with Crippen molar-refractivity contribution in [2.24, 2.45) is 0 Å². The SMILES string of the molecule is COc1ccccc1N1CCN([C@H]2CCCN(S(=O)(=O)Cc3ccccc3)C2)CC1. The van der Waals surface area contributed by atoms with Crippen molar-refractivity contribution in [1.82, 2.24) is 9.21 Å². The second kappa shape index (κ2) is 9.37. The summed E-state index contributed by atoms with van der Waals surface area (Å²) in [5.74, 6) is 0.990. The van der Waals surface area contributed by atoms with Gasteiger partial charge in [0.25, 0.3) is 0 Å². The van der Waals surface area contributed by atoms with E-state index in [2.05, 4.69) is 15.9 Å². The molecule has 7 heteroatoms. The summed E-state index contributed by atoms with van der Waals surface area (Å²) in [4.78, 5) is 4.83. The second-order valence-corrected chi connectivity index (χ2v) is 10.1. The van der Waals surface area contributed by atoms with Gasteiger partial charge in [0.15, 0.2) is 0 Å². The average Bonchev–Trinajstić information content (AvgIpc) is 2.80. The Morgan fingerprint density at radius 2 is 1.63 bits per heavy atom. The van der Waals surface area contributed by atoms with Crippen LogP contribution in [0.5, 0.6) is 5.75 Å². The lowest BCUT2D eigenvalue weighted by molar-refractivity contribution is 0.128. The van der Waals surface area contributed by atoms with Crippen LogP contribution in [0.4, 0.5) is 5.69 Å². The number of rotatable bonds is 6. The number of nitrogens with zero attached hydrogens (tertiary/aromatic N) is 3. The number of sulfonamides is 1. The van der Waals surface area contributed by atoms with Crippen molar-refractivity contribution in [3.8, 4) is 5.75 Å². The number of ether oxygens (including phenoxy) is 1. The highest BCUT2D eigenvalue weighted by atomic mass is 32.2. The van der Waals surface area contributed by atoms with E-state index in [1.807, 2.05) is 48.5 Å². The van der Waals surface area contributed by atoms with E-state index < -0.39 is 10.0 Å². The Balaban J connectivity index is 1.36. The molecule has 2 aromatic rings. The van der Waals surface area contributed by atoms with Crippen LogP contribution in [0.25, 0.3) is 0 Å². The molecule has 4 rings (SSSR count). The Bertz CT molecular complexity index is 928. The molecule has 162 valence electrons. The van der Waals surface area contributed by atoms with Gasteiger partial charge < -0.3 is 9.64 Å². The zero-order valence-corrected chi connectivity index (χ0v) is 18.4. The molecule has 0 amide bonds. The van der Waals surface area contributed by atoms with Crippen molar-refractivity contribution in [2.45, 2.75) is 24.6 Å². The Kier molecular flexibility index (Phi) is 6.61. The molecule has 0 N–H and O–H groups in total. The third kappa shape index (κ3) is 4.79. The minimum absolute atomic E-state index is 0.0855. The standard InChI is InChI=1S/C23H31N3O3S/c1-29-23-12-6-5-11-22(23)25-16-14-24(15-17-25)21-10-7-13-26(18-21)30(27,28)19-20-8-3-2-4-9-20/h2-6,8-9,11-12,21H,7,10,13-19H2,1H3/t21-/m0/s1. The van der Waals surface area contributed by atoms with Crippen molar-refractivity contribution in [3.63, 3.8) is 0 Å². The van der Waals surface area contributed by atoms with E-state index in [-0.39, 0.29) is 5.75 Å². The third-order valence-corrected chi connectivity index (χ3v) is 8.02. The van der Waals surface area contributed by atoms with E-state index in [1.54, 1.807) is 11.4 Å². The van der Waals surface area contributed by atoms with Gasteiger partial charge in [-0.25, -0.2) is 12.7 Å². The maximum absolute atomic E-state index is 13.0. The van der Waals surface area contributed by atoms with Crippen LogP contribution in [0.15, 0.2) is 54.6 Å². The lowest BCUT2D eigenvalue weighted by atomic mass is 10.0. The molecule has 2 fully saturated rings. The quantitative estimate of drug-likeness (QED) is 0.707. The van der Waals surface area contributed by atoms with Crippen molar-refractivity contribution < 1.29 is 13.2 Å². The smallest absolute Gasteiger partial charge is 0.218 e. The van der Waals surface area contributed by atoms with Gasteiger partial charge in [-0.1, -0.05) is 42.5 Å². The normalized spacial score (nSPS) is 21.5. The summed E-state index contributed by atoms with van der Waals surface area (Å²) in [5.41, 5.74) is 1.99. The number of methoxy groups -OCH3 is 1. The van der Waals surface area contributed by atoms with Crippen LogP contribution in [0.3, 0.4) is 0 Å². The second-order valence-electron chi connectivity index (χ2n) is 8.09. The molecule has 2 saturated heterocycles. The molecule has 0 radical (unpaired) electrons. The lowest BCUT2D eigenvalue weighted by Gasteiger charge is -2.43. The van der Waals surface area contributed by atoms with E-state index >= 15 is 0 Å². The molecule has 0 spiro atoms. The summed E-state index contributed by atoms with van der Waals surface area (Å²) in [6.07, 6.45) is 1.98. The Labute approximate surface area is 180 Å². The molecule has 6 nitrogen and oxygen atoms in total. The highest BCUT2D eigenvalue weighted by Crippen LogP contribution is 2.29. The van der Waals surface area contributed by atoms with Crippen LogP contribution >= 0.6 is 0 Å². The Morgan fingerprint density at radius 3 is 2.37 bits per heavy atom. The molecular weight excluding hydrogens is 398 g/mol. The van der Waals surface area contributed by atoms with Gasteiger partial charge in [0.2, 0.25) is 10.0 Å². The molecule has 2 aliphatic heterocycles. The van der Waals surface area contributed by atoms with Crippen molar-refractivity contribution >= 4 is 15.7 Å². The van der Waals surface area contributed by atoms with E-state index in [1.165, 1.54) is 0 Å². The van der Waals surface area contributed by atoms with Crippen molar-refractivity contribution in [3.05, 3.63) is 60.2 Å². The third-order valence-electron chi connectivity index (χ3n) is 6.20. The van der Waals surface area contributed by atoms with Gasteiger partial charge >= 0.3 is 0 Å². The van der Waals surface area contributed by atoms with Crippen molar-refractivity contribution in [1.29, 1.82) is 0 Å². The Hall–Kier alpha value is -2.09. The van der Waals surface area contributed by atoms with E-state index in [4.69, 9.17) is 4.74 Å². The summed E-state index contributed by atoms with van der Waals surface area (Å²) < 4.78 is 33.2. The van der Waals surface area contributed by atoms with Crippen LogP contribution in [0, 0.1) is 0 Å². The summed E-state index contributed by atoms with van der Waals surface area (Å²) >= 11 is 0. The molecular formula is C23H31N3O3S. The highest BCUT2D eigenvalue weighted by Gasteiger charge is 2.33. The number of hydrogen-bond donors (Lipinski definition) is 0. The molecule has 0 saturated carbocycles. The lowest BCUT2D eigenvalue weighted by Crippen LogP contribution is -2.56. The summed E-state index contributed by atoms with van der Waals surface area (Å²) in [5, 5.41) is 0. The minimum Gasteiger partial charge on any atom is -0.495 e. The predicted molar refractivity (Wildman–Crippen MR) is 120 cm³/mol. The molecule has 0 unspecified atom stereocenters. The first kappa shape index (κ1) is 21.2. The molecule has 30 heavy (non-hydrogen) atoms. The number of benzene rings is 2. The van der Waals surface area contributed by atoms with Crippen LogP contribution in [-0.4, -0.2) is 70.0 Å². The fourth-order valence-corrected chi connectivity index (χ4v) is 6.17. The summed E-state index contributed by atoms with van der Waals surface area (Å²) in [6, 6.07) is 17.9. The maximum atomic E-state index is 13.0. The summed E-state index contributed by atoms with van der Waals surface area (Å²) in [7, 11) is -1.58. The zero-order valence-electron chi connectivity index (χ0n) is 17.6. The van der Waals surface area contributed by atoms with Gasteiger partial charge in [-0.05, 0) is 30.5 Å². The molecule has 0 bridgehead atoms. The van der Waals surface area contributed by atoms with Crippen LogP contribution in [-0.2, 0) is 15.8 Å². The van der Waals surface area contributed by atoms with E-state index in [0.29, 0.717) is 19.1 Å². The molecule has 2 heterocycles. The number of para-hydroxylation sites is 2.